The van der Waals surface area contributed by atoms with E-state index in [-0.39, 0.29) is 18.8 Å². The molecule has 27 heavy (non-hydrogen) atoms. The second-order valence-electron chi connectivity index (χ2n) is 7.50. The highest BCUT2D eigenvalue weighted by Gasteiger charge is 2.43. The van der Waals surface area contributed by atoms with Gasteiger partial charge < -0.3 is 25.5 Å². The largest absolute Gasteiger partial charge is 0.508 e. The van der Waals surface area contributed by atoms with E-state index in [0.29, 0.717) is 12.0 Å². The first-order valence-electron chi connectivity index (χ1n) is 9.49. The molecule has 2 aromatic carbocycles. The normalized spacial score (nSPS) is 28.3. The van der Waals surface area contributed by atoms with Crippen LogP contribution in [0.15, 0.2) is 42.5 Å². The summed E-state index contributed by atoms with van der Waals surface area (Å²) in [5, 5.41) is 50.4. The molecule has 146 valence electrons. The van der Waals surface area contributed by atoms with Crippen molar-refractivity contribution in [2.24, 2.45) is 5.92 Å². The van der Waals surface area contributed by atoms with Gasteiger partial charge in [0.2, 0.25) is 0 Å². The Hall–Kier alpha value is -1.92. The van der Waals surface area contributed by atoms with E-state index in [1.54, 1.807) is 6.07 Å². The van der Waals surface area contributed by atoms with Gasteiger partial charge in [0.15, 0.2) is 0 Å². The zero-order valence-corrected chi connectivity index (χ0v) is 15.5. The van der Waals surface area contributed by atoms with Crippen LogP contribution in [0, 0.1) is 5.92 Å². The maximum Gasteiger partial charge on any atom is 0.119 e. The average molecular weight is 372 g/mol. The summed E-state index contributed by atoms with van der Waals surface area (Å²) in [4.78, 5) is 0. The van der Waals surface area contributed by atoms with Gasteiger partial charge in [-0.05, 0) is 47.6 Å². The summed E-state index contributed by atoms with van der Waals surface area (Å²) in [6, 6.07) is 13.7. The summed E-state index contributed by atoms with van der Waals surface area (Å²) in [5.74, 6) is -1.05. The van der Waals surface area contributed by atoms with Crippen LogP contribution in [0.4, 0.5) is 0 Å². The number of hydrogen-bond acceptors (Lipinski definition) is 5. The van der Waals surface area contributed by atoms with Gasteiger partial charge in [-0.15, -0.1) is 0 Å². The number of aryl methyl sites for hydroxylation is 1. The summed E-state index contributed by atoms with van der Waals surface area (Å²) < 4.78 is 0. The lowest BCUT2D eigenvalue weighted by Crippen LogP contribution is -2.51. The standard InChI is InChI=1S/C22H28O5/c1-2-13-3-5-14(6-4-13)9-15-7-8-19(24)17(10-15)18-11-16(12-23)20(25)22(27)21(18)26/h3-8,10,16,18,20-27H,2,9,11-12H2,1H3/t16-,18+,20-,21+,22+/m1/s1. The fourth-order valence-electron chi connectivity index (χ4n) is 3.96. The number of benzene rings is 2. The lowest BCUT2D eigenvalue weighted by Gasteiger charge is -2.40. The number of aromatic hydroxyl groups is 1. The Morgan fingerprint density at radius 3 is 2.11 bits per heavy atom. The van der Waals surface area contributed by atoms with Gasteiger partial charge in [-0.2, -0.15) is 0 Å². The third-order valence-corrected chi connectivity index (χ3v) is 5.72. The summed E-state index contributed by atoms with van der Waals surface area (Å²) in [6.07, 6.45) is -1.77. The summed E-state index contributed by atoms with van der Waals surface area (Å²) in [6.45, 7) is 1.83. The zero-order valence-electron chi connectivity index (χ0n) is 15.5. The maximum atomic E-state index is 10.4. The molecule has 0 heterocycles. The van der Waals surface area contributed by atoms with E-state index in [2.05, 4.69) is 31.2 Å². The van der Waals surface area contributed by atoms with Gasteiger partial charge in [0, 0.05) is 18.4 Å². The van der Waals surface area contributed by atoms with Crippen molar-refractivity contribution in [1.82, 2.24) is 0 Å². The van der Waals surface area contributed by atoms with E-state index >= 15 is 0 Å². The number of phenols is 1. The molecular formula is C22H28O5. The first-order valence-corrected chi connectivity index (χ1v) is 9.49. The molecule has 0 unspecified atom stereocenters. The molecule has 0 radical (unpaired) electrons. The number of aliphatic hydroxyl groups is 4. The Morgan fingerprint density at radius 2 is 1.48 bits per heavy atom. The van der Waals surface area contributed by atoms with Gasteiger partial charge >= 0.3 is 0 Å². The fraction of sp³-hybridized carbons (Fsp3) is 0.455. The highest BCUT2D eigenvalue weighted by Crippen LogP contribution is 2.40. The molecule has 5 atom stereocenters. The Labute approximate surface area is 159 Å². The van der Waals surface area contributed by atoms with Crippen molar-refractivity contribution >= 4 is 0 Å². The minimum absolute atomic E-state index is 0.0458. The van der Waals surface area contributed by atoms with Crippen molar-refractivity contribution < 1.29 is 25.5 Å². The molecule has 2 aromatic rings. The van der Waals surface area contributed by atoms with Gasteiger partial charge in [0.25, 0.3) is 0 Å². The number of aliphatic hydroxyl groups excluding tert-OH is 4. The lowest BCUT2D eigenvalue weighted by atomic mass is 9.72. The van der Waals surface area contributed by atoms with Crippen LogP contribution >= 0.6 is 0 Å². The number of phenolic OH excluding ortho intramolecular Hbond substituents is 1. The highest BCUT2D eigenvalue weighted by atomic mass is 16.4. The molecule has 0 bridgehead atoms. The van der Waals surface area contributed by atoms with Crippen LogP contribution in [0.5, 0.6) is 5.75 Å². The second-order valence-corrected chi connectivity index (χ2v) is 7.50. The van der Waals surface area contributed by atoms with Crippen LogP contribution < -0.4 is 0 Å². The highest BCUT2D eigenvalue weighted by molar-refractivity contribution is 5.42. The van der Waals surface area contributed by atoms with E-state index in [1.165, 1.54) is 5.56 Å². The van der Waals surface area contributed by atoms with E-state index < -0.39 is 30.1 Å². The predicted molar refractivity (Wildman–Crippen MR) is 103 cm³/mol. The first-order chi connectivity index (χ1) is 12.9. The quantitative estimate of drug-likeness (QED) is 0.550. The van der Waals surface area contributed by atoms with Crippen LogP contribution in [-0.2, 0) is 12.8 Å². The van der Waals surface area contributed by atoms with Gasteiger partial charge in [-0.25, -0.2) is 0 Å². The lowest BCUT2D eigenvalue weighted by molar-refractivity contribution is -0.127. The minimum atomic E-state index is -1.36. The van der Waals surface area contributed by atoms with Crippen LogP contribution in [-0.4, -0.2) is 50.5 Å². The monoisotopic (exact) mass is 372 g/mol. The summed E-state index contributed by atoms with van der Waals surface area (Å²) in [7, 11) is 0. The van der Waals surface area contributed by atoms with Crippen LogP contribution in [0.1, 0.15) is 41.5 Å². The number of hydrogen-bond donors (Lipinski definition) is 5. The molecule has 1 aliphatic carbocycles. The molecule has 1 aliphatic rings. The van der Waals surface area contributed by atoms with Crippen molar-refractivity contribution in [2.75, 3.05) is 6.61 Å². The average Bonchev–Trinajstić information content (AvgIpc) is 2.69. The molecule has 3 rings (SSSR count). The maximum absolute atomic E-state index is 10.4. The molecule has 1 fully saturated rings. The first kappa shape index (κ1) is 19.8. The third-order valence-electron chi connectivity index (χ3n) is 5.72. The Balaban J connectivity index is 1.86. The summed E-state index contributed by atoms with van der Waals surface area (Å²) >= 11 is 0. The van der Waals surface area contributed by atoms with Crippen molar-refractivity contribution in [1.29, 1.82) is 0 Å². The Morgan fingerprint density at radius 1 is 0.852 bits per heavy atom. The van der Waals surface area contributed by atoms with Crippen molar-refractivity contribution in [3.05, 3.63) is 64.7 Å². The molecule has 1 saturated carbocycles. The van der Waals surface area contributed by atoms with Crippen LogP contribution in [0.2, 0.25) is 0 Å². The SMILES string of the molecule is CCc1ccc(Cc2ccc(O)c([C@@H]3C[C@H](CO)[C@@H](O)[C@H](O)[C@H]3O)c2)cc1. The second kappa shape index (κ2) is 8.40. The van der Waals surface area contributed by atoms with Gasteiger partial charge in [0.1, 0.15) is 11.9 Å². The predicted octanol–water partition coefficient (Wildman–Crippen LogP) is 1.72. The van der Waals surface area contributed by atoms with Crippen molar-refractivity contribution in [2.45, 2.75) is 50.4 Å². The molecule has 5 nitrogen and oxygen atoms in total. The van der Waals surface area contributed by atoms with Gasteiger partial charge in [0.05, 0.1) is 12.2 Å². The number of rotatable bonds is 5. The minimum Gasteiger partial charge on any atom is -0.508 e. The molecule has 0 spiro atoms. The molecular weight excluding hydrogens is 344 g/mol. The Bertz CT molecular complexity index is 756. The van der Waals surface area contributed by atoms with Gasteiger partial charge in [-0.1, -0.05) is 43.3 Å². The topological polar surface area (TPSA) is 101 Å². The molecule has 0 aliphatic heterocycles. The van der Waals surface area contributed by atoms with E-state index in [9.17, 15) is 25.5 Å². The van der Waals surface area contributed by atoms with E-state index in [1.807, 2.05) is 12.1 Å². The molecule has 5 heteroatoms. The summed E-state index contributed by atoms with van der Waals surface area (Å²) in [5.41, 5.74) is 3.95. The van der Waals surface area contributed by atoms with Crippen molar-refractivity contribution in [3.8, 4) is 5.75 Å². The van der Waals surface area contributed by atoms with Gasteiger partial charge in [-0.3, -0.25) is 0 Å². The van der Waals surface area contributed by atoms with E-state index in [4.69, 9.17) is 0 Å². The molecule has 0 aromatic heterocycles. The zero-order chi connectivity index (χ0) is 19.6. The van der Waals surface area contributed by atoms with E-state index in [0.717, 1.165) is 17.5 Å². The van der Waals surface area contributed by atoms with Crippen molar-refractivity contribution in [3.63, 3.8) is 0 Å². The molecule has 5 N–H and O–H groups in total. The fourth-order valence-corrected chi connectivity index (χ4v) is 3.96. The smallest absolute Gasteiger partial charge is 0.119 e. The molecule has 0 amide bonds. The van der Waals surface area contributed by atoms with Crippen LogP contribution in [0.25, 0.3) is 0 Å². The Kier molecular flexibility index (Phi) is 6.17. The van der Waals surface area contributed by atoms with Crippen LogP contribution in [0.3, 0.4) is 0 Å². The molecule has 0 saturated heterocycles. The third kappa shape index (κ3) is 4.17.